The van der Waals surface area contributed by atoms with Crippen molar-refractivity contribution in [2.24, 2.45) is 0 Å². The second-order valence-corrected chi connectivity index (χ2v) is 9.35. The Morgan fingerprint density at radius 1 is 0.941 bits per heavy atom. The van der Waals surface area contributed by atoms with Crippen LogP contribution in [-0.2, 0) is 11.3 Å². The zero-order valence-corrected chi connectivity index (χ0v) is 20.7. The maximum atomic E-state index is 12.9. The zero-order valence-electron chi connectivity index (χ0n) is 19.0. The van der Waals surface area contributed by atoms with Crippen molar-refractivity contribution in [2.75, 3.05) is 20.3 Å². The molecular weight excluding hydrogens is 466 g/mol. The lowest BCUT2D eigenvalue weighted by Crippen LogP contribution is -2.27. The maximum Gasteiger partial charge on any atom is 0.266 e. The van der Waals surface area contributed by atoms with Gasteiger partial charge in [-0.05, 0) is 54.0 Å². The zero-order chi connectivity index (χ0) is 23.9. The molecule has 0 unspecified atom stereocenters. The van der Waals surface area contributed by atoms with Crippen LogP contribution in [0.4, 0.5) is 0 Å². The van der Waals surface area contributed by atoms with Gasteiger partial charge in [0.05, 0.1) is 18.6 Å². The number of aryl methyl sites for hydroxylation is 1. The molecule has 3 aromatic carbocycles. The Morgan fingerprint density at radius 3 is 2.53 bits per heavy atom. The van der Waals surface area contributed by atoms with Gasteiger partial charge in [0.15, 0.2) is 11.5 Å². The minimum absolute atomic E-state index is 0.0781. The number of rotatable bonds is 9. The fourth-order valence-electron chi connectivity index (χ4n) is 3.45. The number of hydrogen-bond acceptors (Lipinski definition) is 6. The first-order valence-electron chi connectivity index (χ1n) is 10.8. The lowest BCUT2D eigenvalue weighted by atomic mass is 10.2. The molecule has 1 heterocycles. The van der Waals surface area contributed by atoms with Crippen LogP contribution in [0, 0.1) is 6.92 Å². The molecule has 0 N–H and O–H groups in total. The summed E-state index contributed by atoms with van der Waals surface area (Å²) >= 11 is 6.77. The van der Waals surface area contributed by atoms with Crippen LogP contribution in [-0.4, -0.2) is 35.5 Å². The summed E-state index contributed by atoms with van der Waals surface area (Å²) in [6.07, 6.45) is 1.85. The molecule has 0 bridgehead atoms. The molecule has 4 rings (SSSR count). The van der Waals surface area contributed by atoms with E-state index in [1.165, 1.54) is 11.8 Å². The minimum Gasteiger partial charge on any atom is -0.493 e. The van der Waals surface area contributed by atoms with Gasteiger partial charge in [0.25, 0.3) is 5.91 Å². The van der Waals surface area contributed by atoms with Crippen LogP contribution in [0.5, 0.6) is 17.2 Å². The van der Waals surface area contributed by atoms with Crippen molar-refractivity contribution in [1.29, 1.82) is 0 Å². The van der Waals surface area contributed by atoms with Gasteiger partial charge in [-0.1, -0.05) is 72.5 Å². The summed E-state index contributed by atoms with van der Waals surface area (Å²) < 4.78 is 17.6. The predicted octanol–water partition coefficient (Wildman–Crippen LogP) is 5.86. The van der Waals surface area contributed by atoms with Crippen LogP contribution in [0.2, 0.25) is 0 Å². The van der Waals surface area contributed by atoms with E-state index in [0.29, 0.717) is 46.2 Å². The Labute approximate surface area is 209 Å². The summed E-state index contributed by atoms with van der Waals surface area (Å²) in [5, 5.41) is 0. The van der Waals surface area contributed by atoms with Crippen molar-refractivity contribution in [3.63, 3.8) is 0 Å². The lowest BCUT2D eigenvalue weighted by molar-refractivity contribution is -0.122. The summed E-state index contributed by atoms with van der Waals surface area (Å²) in [4.78, 5) is 15.2. The molecule has 1 saturated heterocycles. The van der Waals surface area contributed by atoms with E-state index in [2.05, 4.69) is 0 Å². The third-order valence-corrected chi connectivity index (χ3v) is 6.52. The maximum absolute atomic E-state index is 12.9. The van der Waals surface area contributed by atoms with Crippen LogP contribution in [0.1, 0.15) is 16.7 Å². The second kappa shape index (κ2) is 11.2. The number of benzene rings is 3. The highest BCUT2D eigenvalue weighted by atomic mass is 32.2. The number of carbonyl (C=O) groups excluding carboxylic acids is 1. The van der Waals surface area contributed by atoms with Crippen molar-refractivity contribution in [3.05, 3.63) is 94.4 Å². The third-order valence-electron chi connectivity index (χ3n) is 5.14. The van der Waals surface area contributed by atoms with Crippen LogP contribution < -0.4 is 14.2 Å². The Bertz CT molecular complexity index is 1210. The summed E-state index contributed by atoms with van der Waals surface area (Å²) in [5.41, 5.74) is 3.02. The molecule has 1 aliphatic heterocycles. The fourth-order valence-corrected chi connectivity index (χ4v) is 4.71. The van der Waals surface area contributed by atoms with Crippen LogP contribution in [0.3, 0.4) is 0 Å². The van der Waals surface area contributed by atoms with Gasteiger partial charge in [0, 0.05) is 0 Å². The van der Waals surface area contributed by atoms with Gasteiger partial charge in [-0.3, -0.25) is 9.69 Å². The van der Waals surface area contributed by atoms with Crippen molar-refractivity contribution in [1.82, 2.24) is 4.90 Å². The molecule has 34 heavy (non-hydrogen) atoms. The highest BCUT2D eigenvalue weighted by Gasteiger charge is 2.31. The SMILES string of the molecule is COc1cc(C)ccc1OCCOc1cccc(/C=C2\SC(=S)N(Cc3ccccc3)C2=O)c1. The largest absolute Gasteiger partial charge is 0.493 e. The first-order chi connectivity index (χ1) is 16.5. The van der Waals surface area contributed by atoms with E-state index in [1.54, 1.807) is 12.0 Å². The monoisotopic (exact) mass is 491 g/mol. The van der Waals surface area contributed by atoms with Gasteiger partial charge in [0.2, 0.25) is 0 Å². The van der Waals surface area contributed by atoms with Crippen molar-refractivity contribution < 1.29 is 19.0 Å². The lowest BCUT2D eigenvalue weighted by Gasteiger charge is -2.14. The summed E-state index contributed by atoms with van der Waals surface area (Å²) in [5.74, 6) is 2.01. The molecule has 1 fully saturated rings. The van der Waals surface area contributed by atoms with Gasteiger partial charge < -0.3 is 14.2 Å². The number of methoxy groups -OCH3 is 1. The Morgan fingerprint density at radius 2 is 1.74 bits per heavy atom. The molecule has 5 nitrogen and oxygen atoms in total. The number of thioether (sulfide) groups is 1. The van der Waals surface area contributed by atoms with Gasteiger partial charge in [-0.2, -0.15) is 0 Å². The van der Waals surface area contributed by atoms with Crippen molar-refractivity contribution in [3.8, 4) is 17.2 Å². The molecule has 0 saturated carbocycles. The van der Waals surface area contributed by atoms with Crippen molar-refractivity contribution in [2.45, 2.75) is 13.5 Å². The van der Waals surface area contributed by atoms with E-state index in [-0.39, 0.29) is 5.91 Å². The number of thiocarbonyl (C=S) groups is 1. The number of carbonyl (C=O) groups is 1. The molecule has 1 aliphatic rings. The van der Waals surface area contributed by atoms with Gasteiger partial charge in [-0.25, -0.2) is 0 Å². The van der Waals surface area contributed by atoms with Gasteiger partial charge in [0.1, 0.15) is 23.3 Å². The van der Waals surface area contributed by atoms with E-state index in [0.717, 1.165) is 16.7 Å². The Balaban J connectivity index is 1.35. The molecule has 174 valence electrons. The van der Waals surface area contributed by atoms with E-state index in [1.807, 2.05) is 85.8 Å². The summed E-state index contributed by atoms with van der Waals surface area (Å²) in [6, 6.07) is 23.3. The molecule has 0 aliphatic carbocycles. The third kappa shape index (κ3) is 5.98. The molecule has 0 radical (unpaired) electrons. The highest BCUT2D eigenvalue weighted by Crippen LogP contribution is 2.34. The average molecular weight is 492 g/mol. The average Bonchev–Trinajstić information content (AvgIpc) is 3.10. The van der Waals surface area contributed by atoms with Gasteiger partial charge >= 0.3 is 0 Å². The molecule has 0 aromatic heterocycles. The molecule has 0 atom stereocenters. The van der Waals surface area contributed by atoms with Crippen LogP contribution in [0.15, 0.2) is 77.7 Å². The first kappa shape index (κ1) is 23.9. The Hall–Kier alpha value is -3.29. The van der Waals surface area contributed by atoms with E-state index in [9.17, 15) is 4.79 Å². The van der Waals surface area contributed by atoms with Crippen LogP contribution >= 0.6 is 24.0 Å². The van der Waals surface area contributed by atoms with E-state index >= 15 is 0 Å². The molecule has 0 spiro atoms. The highest BCUT2D eigenvalue weighted by molar-refractivity contribution is 8.26. The number of nitrogens with zero attached hydrogens (tertiary/aromatic N) is 1. The smallest absolute Gasteiger partial charge is 0.266 e. The quantitative estimate of drug-likeness (QED) is 0.212. The summed E-state index contributed by atoms with van der Waals surface area (Å²) in [7, 11) is 1.62. The molecule has 7 heteroatoms. The minimum atomic E-state index is -0.0781. The summed E-state index contributed by atoms with van der Waals surface area (Å²) in [6.45, 7) is 3.23. The van der Waals surface area contributed by atoms with Gasteiger partial charge in [-0.15, -0.1) is 0 Å². The molecule has 3 aromatic rings. The topological polar surface area (TPSA) is 48.0 Å². The standard InChI is InChI=1S/C27H25NO4S2/c1-19-11-12-23(24(15-19)30-2)32-14-13-31-22-10-6-9-21(16-22)17-25-26(29)28(27(33)34-25)18-20-7-4-3-5-8-20/h3-12,15-17H,13-14,18H2,1-2H3/b25-17-. The number of hydrogen-bond donors (Lipinski definition) is 0. The normalized spacial score (nSPS) is 14.5. The number of amides is 1. The predicted molar refractivity (Wildman–Crippen MR) is 140 cm³/mol. The second-order valence-electron chi connectivity index (χ2n) is 7.68. The Kier molecular flexibility index (Phi) is 7.87. The molecular formula is C27H25NO4S2. The first-order valence-corrected chi connectivity index (χ1v) is 12.1. The number of ether oxygens (including phenoxy) is 3. The van der Waals surface area contributed by atoms with Crippen molar-refractivity contribution >= 4 is 40.3 Å². The molecule has 1 amide bonds. The van der Waals surface area contributed by atoms with E-state index in [4.69, 9.17) is 26.4 Å². The fraction of sp³-hybridized carbons (Fsp3) is 0.185. The van der Waals surface area contributed by atoms with E-state index < -0.39 is 0 Å². The van der Waals surface area contributed by atoms with Crippen LogP contribution in [0.25, 0.3) is 6.08 Å².